The third kappa shape index (κ3) is 5.44. The molecule has 180 valence electrons. The fourth-order valence-electron chi connectivity index (χ4n) is 3.34. The van der Waals surface area contributed by atoms with E-state index in [-0.39, 0.29) is 12.2 Å². The number of benzene rings is 2. The number of aryl methyl sites for hydroxylation is 1. The van der Waals surface area contributed by atoms with Gasteiger partial charge in [-0.2, -0.15) is 0 Å². The molecule has 3 N–H and O–H groups in total. The van der Waals surface area contributed by atoms with Crippen molar-refractivity contribution in [3.05, 3.63) is 66.0 Å². The number of hydrogen-bond acceptors (Lipinski definition) is 7. The van der Waals surface area contributed by atoms with E-state index in [1.807, 2.05) is 76.3 Å². The van der Waals surface area contributed by atoms with Crippen LogP contribution in [0.4, 0.5) is 0 Å². The molecule has 2 heterocycles. The van der Waals surface area contributed by atoms with Gasteiger partial charge in [0.15, 0.2) is 0 Å². The van der Waals surface area contributed by atoms with Crippen LogP contribution in [0.15, 0.2) is 64.0 Å². The number of nitrogens with one attached hydrogen (secondary N) is 1. The van der Waals surface area contributed by atoms with Crippen LogP contribution in [0.3, 0.4) is 0 Å². The summed E-state index contributed by atoms with van der Waals surface area (Å²) in [4.78, 5) is 10.0. The molecule has 0 aliphatic rings. The zero-order valence-corrected chi connectivity index (χ0v) is 20.5. The summed E-state index contributed by atoms with van der Waals surface area (Å²) in [5, 5.41) is 11.7. The highest BCUT2D eigenvalue weighted by atomic mass is 32.2. The second kappa shape index (κ2) is 11.2. The molecule has 0 saturated carbocycles. The van der Waals surface area contributed by atoms with Gasteiger partial charge in [-0.15, -0.1) is 10.2 Å². The summed E-state index contributed by atoms with van der Waals surface area (Å²) in [6, 6.07) is 15.6. The van der Waals surface area contributed by atoms with Crippen LogP contribution in [0.25, 0.3) is 34.3 Å². The summed E-state index contributed by atoms with van der Waals surface area (Å²) >= 11 is 0. The molecule has 2 atom stereocenters. The van der Waals surface area contributed by atoms with E-state index in [0.717, 1.165) is 29.0 Å². The molecule has 0 fully saturated rings. The lowest BCUT2D eigenvalue weighted by Crippen LogP contribution is -2.09. The minimum atomic E-state index is -1.02. The maximum absolute atomic E-state index is 12.5. The Balaban J connectivity index is 0.00000216. The molecular formula is C25H31N5O3S. The highest BCUT2D eigenvalue weighted by Crippen LogP contribution is 2.27. The lowest BCUT2D eigenvalue weighted by Gasteiger charge is -2.09. The molecule has 0 saturated heterocycles. The SMILES string of the molecule is CCC(C)S(=O)c1ccc(-c2cnc(C)c(-c3nnc(-c4ccc(CNC)cc4)o3)n2)cc1.O.[HH]. The Bertz CT molecular complexity index is 1260. The van der Waals surface area contributed by atoms with E-state index >= 15 is 0 Å². The molecule has 4 rings (SSSR count). The Morgan fingerprint density at radius 2 is 1.68 bits per heavy atom. The monoisotopic (exact) mass is 481 g/mol. The van der Waals surface area contributed by atoms with E-state index < -0.39 is 10.8 Å². The molecule has 2 aromatic heterocycles. The fraction of sp³-hybridized carbons (Fsp3) is 0.280. The van der Waals surface area contributed by atoms with Gasteiger partial charge in [0.25, 0.3) is 5.89 Å². The molecule has 0 radical (unpaired) electrons. The molecule has 0 aliphatic heterocycles. The Morgan fingerprint density at radius 1 is 1.03 bits per heavy atom. The molecule has 4 aromatic rings. The van der Waals surface area contributed by atoms with Gasteiger partial charge in [0.2, 0.25) is 5.89 Å². The van der Waals surface area contributed by atoms with Gasteiger partial charge in [0, 0.05) is 29.2 Å². The van der Waals surface area contributed by atoms with Crippen molar-refractivity contribution in [3.8, 4) is 34.3 Å². The first-order chi connectivity index (χ1) is 16.0. The van der Waals surface area contributed by atoms with E-state index in [2.05, 4.69) is 20.5 Å². The standard InChI is InChI=1S/C25H27N5O2S.H2O.H2/c1-5-16(2)33(31)21-12-10-19(11-13-21)22-15-27-17(3)23(28-22)25-30-29-24(32-25)20-8-6-18(7-9-20)14-26-4;;/h6-13,15-16,26H,5,14H2,1-4H3;1H2;1H. The quantitative estimate of drug-likeness (QED) is 0.399. The largest absolute Gasteiger partial charge is 0.415 e. The van der Waals surface area contributed by atoms with Crippen molar-refractivity contribution >= 4 is 10.8 Å². The van der Waals surface area contributed by atoms with Gasteiger partial charge in [0.05, 0.1) is 28.4 Å². The van der Waals surface area contributed by atoms with Gasteiger partial charge >= 0.3 is 0 Å². The fourth-order valence-corrected chi connectivity index (χ4v) is 4.51. The van der Waals surface area contributed by atoms with Gasteiger partial charge in [0.1, 0.15) is 5.69 Å². The summed E-state index contributed by atoms with van der Waals surface area (Å²) < 4.78 is 18.5. The molecule has 2 aromatic carbocycles. The molecule has 9 heteroatoms. The average Bonchev–Trinajstić information content (AvgIpc) is 3.34. The summed E-state index contributed by atoms with van der Waals surface area (Å²) in [5.41, 5.74) is 4.84. The average molecular weight is 482 g/mol. The molecule has 0 amide bonds. The second-order valence-electron chi connectivity index (χ2n) is 7.87. The lowest BCUT2D eigenvalue weighted by atomic mass is 10.1. The third-order valence-corrected chi connectivity index (χ3v) is 7.29. The second-order valence-corrected chi connectivity index (χ2v) is 9.74. The zero-order valence-electron chi connectivity index (χ0n) is 19.7. The van der Waals surface area contributed by atoms with Crippen molar-refractivity contribution in [2.24, 2.45) is 0 Å². The van der Waals surface area contributed by atoms with Crippen LogP contribution >= 0.6 is 0 Å². The normalized spacial score (nSPS) is 12.7. The van der Waals surface area contributed by atoms with Crippen molar-refractivity contribution in [3.63, 3.8) is 0 Å². The zero-order chi connectivity index (χ0) is 23.4. The summed E-state index contributed by atoms with van der Waals surface area (Å²) in [5.74, 6) is 0.759. The summed E-state index contributed by atoms with van der Waals surface area (Å²) in [6.45, 7) is 6.70. The first-order valence-electron chi connectivity index (χ1n) is 10.9. The summed E-state index contributed by atoms with van der Waals surface area (Å²) in [6.07, 6.45) is 2.59. The predicted molar refractivity (Wildman–Crippen MR) is 136 cm³/mol. The van der Waals surface area contributed by atoms with Crippen molar-refractivity contribution < 1.29 is 15.5 Å². The van der Waals surface area contributed by atoms with Crippen molar-refractivity contribution in [2.75, 3.05) is 7.05 Å². The minimum Gasteiger partial charge on any atom is -0.415 e. The highest BCUT2D eigenvalue weighted by molar-refractivity contribution is 7.85. The van der Waals surface area contributed by atoms with Crippen LogP contribution in [-0.2, 0) is 17.3 Å². The topological polar surface area (TPSA) is 125 Å². The van der Waals surface area contributed by atoms with Gasteiger partial charge in [-0.3, -0.25) is 9.19 Å². The molecule has 0 spiro atoms. The highest BCUT2D eigenvalue weighted by Gasteiger charge is 2.17. The van der Waals surface area contributed by atoms with E-state index in [1.54, 1.807) is 6.20 Å². The van der Waals surface area contributed by atoms with Crippen LogP contribution in [0.5, 0.6) is 0 Å². The predicted octanol–water partition coefficient (Wildman–Crippen LogP) is 4.22. The Kier molecular flexibility index (Phi) is 8.38. The maximum Gasteiger partial charge on any atom is 0.268 e. The Labute approximate surface area is 203 Å². The molecule has 2 unspecified atom stereocenters. The van der Waals surface area contributed by atoms with E-state index in [1.165, 1.54) is 5.56 Å². The Morgan fingerprint density at radius 3 is 2.32 bits per heavy atom. The molecular weight excluding hydrogens is 450 g/mol. The van der Waals surface area contributed by atoms with E-state index in [4.69, 9.17) is 9.40 Å². The van der Waals surface area contributed by atoms with Gasteiger partial charge in [-0.1, -0.05) is 38.1 Å². The first-order valence-corrected chi connectivity index (χ1v) is 12.1. The van der Waals surface area contributed by atoms with Crippen molar-refractivity contribution in [1.82, 2.24) is 25.5 Å². The molecule has 34 heavy (non-hydrogen) atoms. The van der Waals surface area contributed by atoms with Gasteiger partial charge in [-0.25, -0.2) is 4.98 Å². The molecule has 0 aliphatic carbocycles. The van der Waals surface area contributed by atoms with Crippen LogP contribution in [0, 0.1) is 6.92 Å². The molecule has 8 nitrogen and oxygen atoms in total. The number of hydrogen-bond donors (Lipinski definition) is 1. The van der Waals surface area contributed by atoms with Crippen LogP contribution in [0.2, 0.25) is 0 Å². The van der Waals surface area contributed by atoms with E-state index in [0.29, 0.717) is 28.9 Å². The number of nitrogens with zero attached hydrogens (tertiary/aromatic N) is 4. The summed E-state index contributed by atoms with van der Waals surface area (Å²) in [7, 11) is 0.893. The third-order valence-electron chi connectivity index (χ3n) is 5.49. The molecule has 0 bridgehead atoms. The van der Waals surface area contributed by atoms with E-state index in [9.17, 15) is 4.21 Å². The lowest BCUT2D eigenvalue weighted by molar-refractivity contribution is 0.581. The van der Waals surface area contributed by atoms with Crippen molar-refractivity contribution in [1.29, 1.82) is 0 Å². The van der Waals surface area contributed by atoms with Crippen LogP contribution in [-0.4, -0.2) is 42.1 Å². The van der Waals surface area contributed by atoms with Crippen LogP contribution in [0.1, 0.15) is 33.0 Å². The minimum absolute atomic E-state index is 0. The van der Waals surface area contributed by atoms with Gasteiger partial charge in [-0.05, 0) is 50.2 Å². The Hall–Kier alpha value is -3.27. The number of rotatable bonds is 8. The van der Waals surface area contributed by atoms with Crippen molar-refractivity contribution in [2.45, 2.75) is 43.9 Å². The first kappa shape index (κ1) is 25.4. The number of aromatic nitrogens is 4. The maximum atomic E-state index is 12.5. The van der Waals surface area contributed by atoms with Gasteiger partial charge < -0.3 is 15.2 Å². The smallest absolute Gasteiger partial charge is 0.268 e. The van der Waals surface area contributed by atoms with Crippen LogP contribution < -0.4 is 5.32 Å².